The number of hydrogen-bond donors (Lipinski definition) is 2. The fourth-order valence-corrected chi connectivity index (χ4v) is 2.20. The molecule has 6 heteroatoms. The van der Waals surface area contributed by atoms with Crippen LogP contribution in [0, 0.1) is 0 Å². The van der Waals surface area contributed by atoms with Crippen molar-refractivity contribution < 1.29 is 14.7 Å². The number of aromatic carboxylic acids is 1. The first-order valence-electron chi connectivity index (χ1n) is 7.09. The third kappa shape index (κ3) is 3.33. The maximum Gasteiger partial charge on any atom is 0.339 e. The van der Waals surface area contributed by atoms with Gasteiger partial charge in [-0.1, -0.05) is 31.2 Å². The van der Waals surface area contributed by atoms with Crippen molar-refractivity contribution >= 4 is 11.9 Å². The van der Waals surface area contributed by atoms with Gasteiger partial charge in [-0.2, -0.15) is 5.10 Å². The number of nitrogens with zero attached hydrogens (tertiary/aromatic N) is 2. The Morgan fingerprint density at radius 1 is 1.32 bits per heavy atom. The lowest BCUT2D eigenvalue weighted by Gasteiger charge is -2.14. The Kier molecular flexibility index (Phi) is 4.60. The topological polar surface area (TPSA) is 84.2 Å². The Morgan fingerprint density at radius 3 is 2.50 bits per heavy atom. The molecule has 1 aromatic carbocycles. The van der Waals surface area contributed by atoms with Crippen LogP contribution < -0.4 is 5.32 Å². The summed E-state index contributed by atoms with van der Waals surface area (Å²) >= 11 is 0. The van der Waals surface area contributed by atoms with Crippen molar-refractivity contribution in [2.45, 2.75) is 26.3 Å². The van der Waals surface area contributed by atoms with Crippen molar-refractivity contribution in [1.82, 2.24) is 15.1 Å². The molecule has 1 unspecified atom stereocenters. The first-order valence-corrected chi connectivity index (χ1v) is 7.09. The third-order valence-electron chi connectivity index (χ3n) is 3.51. The zero-order valence-corrected chi connectivity index (χ0v) is 12.8. The van der Waals surface area contributed by atoms with Crippen molar-refractivity contribution in [3.8, 4) is 0 Å². The zero-order chi connectivity index (χ0) is 16.3. The lowest BCUT2D eigenvalue weighted by Crippen LogP contribution is -2.28. The van der Waals surface area contributed by atoms with Crippen LogP contribution in [0.15, 0.2) is 30.5 Å². The van der Waals surface area contributed by atoms with Gasteiger partial charge in [-0.05, 0) is 24.5 Å². The van der Waals surface area contributed by atoms with Crippen molar-refractivity contribution in [3.63, 3.8) is 0 Å². The van der Waals surface area contributed by atoms with E-state index in [0.717, 1.165) is 12.0 Å². The number of carbonyl (C=O) groups is 2. The molecule has 1 heterocycles. The van der Waals surface area contributed by atoms with Gasteiger partial charge in [0.1, 0.15) is 5.56 Å². The van der Waals surface area contributed by atoms with Crippen molar-refractivity contribution in [2.75, 3.05) is 0 Å². The minimum atomic E-state index is -1.17. The SMILES string of the molecule is CCc1ccc(C(C)NC(=O)c2nn(C)cc2C(=O)O)cc1. The van der Waals surface area contributed by atoms with E-state index < -0.39 is 11.9 Å². The Balaban J connectivity index is 2.15. The maximum atomic E-state index is 12.2. The second kappa shape index (κ2) is 6.43. The number of hydrogen-bond acceptors (Lipinski definition) is 3. The van der Waals surface area contributed by atoms with Crippen LogP contribution in [0.5, 0.6) is 0 Å². The van der Waals surface area contributed by atoms with Crippen molar-refractivity contribution in [2.24, 2.45) is 7.05 Å². The highest BCUT2D eigenvalue weighted by Gasteiger charge is 2.22. The summed E-state index contributed by atoms with van der Waals surface area (Å²) in [6.45, 7) is 3.93. The number of carbonyl (C=O) groups excluding carboxylic acids is 1. The summed E-state index contributed by atoms with van der Waals surface area (Å²) in [7, 11) is 1.58. The van der Waals surface area contributed by atoms with Crippen LogP contribution in [-0.4, -0.2) is 26.8 Å². The van der Waals surface area contributed by atoms with Gasteiger partial charge in [0.05, 0.1) is 6.04 Å². The van der Waals surface area contributed by atoms with Crippen LogP contribution in [0.25, 0.3) is 0 Å². The summed E-state index contributed by atoms with van der Waals surface area (Å²) in [5.41, 5.74) is 2.00. The number of carboxylic acids is 1. The monoisotopic (exact) mass is 301 g/mol. The largest absolute Gasteiger partial charge is 0.478 e. The summed E-state index contributed by atoms with van der Waals surface area (Å²) in [6.07, 6.45) is 2.27. The van der Waals surface area contributed by atoms with E-state index in [0.29, 0.717) is 0 Å². The molecule has 2 N–H and O–H groups in total. The van der Waals surface area contributed by atoms with Crippen LogP contribution in [0.3, 0.4) is 0 Å². The zero-order valence-electron chi connectivity index (χ0n) is 12.8. The minimum Gasteiger partial charge on any atom is -0.478 e. The molecule has 1 amide bonds. The second-order valence-corrected chi connectivity index (χ2v) is 5.16. The van der Waals surface area contributed by atoms with Gasteiger partial charge in [-0.3, -0.25) is 9.48 Å². The molecule has 6 nitrogen and oxygen atoms in total. The highest BCUT2D eigenvalue weighted by Crippen LogP contribution is 2.15. The highest BCUT2D eigenvalue weighted by molar-refractivity contribution is 6.03. The molecule has 0 spiro atoms. The Bertz CT molecular complexity index is 689. The predicted octanol–water partition coefficient (Wildman–Crippen LogP) is 2.17. The molecule has 0 aliphatic rings. The van der Waals surface area contributed by atoms with Crippen LogP contribution in [0.1, 0.15) is 51.9 Å². The first-order chi connectivity index (χ1) is 10.4. The van der Waals surface area contributed by atoms with E-state index in [2.05, 4.69) is 17.3 Å². The summed E-state index contributed by atoms with van der Waals surface area (Å²) in [5.74, 6) is -1.66. The van der Waals surface area contributed by atoms with E-state index in [1.54, 1.807) is 7.05 Å². The molecule has 0 fully saturated rings. The molecule has 0 bridgehead atoms. The molecule has 2 rings (SSSR count). The number of amides is 1. The number of aromatic nitrogens is 2. The average Bonchev–Trinajstić information content (AvgIpc) is 2.89. The molecule has 1 atom stereocenters. The van der Waals surface area contributed by atoms with Gasteiger partial charge in [0, 0.05) is 13.2 Å². The Labute approximate surface area is 128 Å². The van der Waals surface area contributed by atoms with E-state index in [-0.39, 0.29) is 17.3 Å². The number of carboxylic acid groups (broad SMARTS) is 1. The molecule has 0 saturated carbocycles. The molecule has 0 aliphatic carbocycles. The summed E-state index contributed by atoms with van der Waals surface area (Å²) in [5, 5.41) is 15.8. The molecule has 0 radical (unpaired) electrons. The van der Waals surface area contributed by atoms with E-state index in [4.69, 9.17) is 5.11 Å². The fraction of sp³-hybridized carbons (Fsp3) is 0.312. The van der Waals surface area contributed by atoms with Gasteiger partial charge >= 0.3 is 5.97 Å². The standard InChI is InChI=1S/C16H19N3O3/c1-4-11-5-7-12(8-6-11)10(2)17-15(20)14-13(16(21)22)9-19(3)18-14/h5-10H,4H2,1-3H3,(H,17,20)(H,21,22). The molecule has 0 saturated heterocycles. The number of rotatable bonds is 5. The number of nitrogens with one attached hydrogen (secondary N) is 1. The van der Waals surface area contributed by atoms with Crippen molar-refractivity contribution in [3.05, 3.63) is 52.8 Å². The van der Waals surface area contributed by atoms with Gasteiger partial charge in [-0.25, -0.2) is 4.79 Å². The lowest BCUT2D eigenvalue weighted by atomic mass is 10.0. The van der Waals surface area contributed by atoms with Crippen LogP contribution in [0.4, 0.5) is 0 Å². The van der Waals surface area contributed by atoms with Gasteiger partial charge in [-0.15, -0.1) is 0 Å². The summed E-state index contributed by atoms with van der Waals surface area (Å²) < 4.78 is 1.32. The Hall–Kier alpha value is -2.63. The third-order valence-corrected chi connectivity index (χ3v) is 3.51. The van der Waals surface area contributed by atoms with Gasteiger partial charge < -0.3 is 10.4 Å². The van der Waals surface area contributed by atoms with E-state index in [9.17, 15) is 9.59 Å². The van der Waals surface area contributed by atoms with Crippen molar-refractivity contribution in [1.29, 1.82) is 0 Å². The normalized spacial score (nSPS) is 12.0. The molecule has 1 aromatic heterocycles. The number of benzene rings is 1. The summed E-state index contributed by atoms with van der Waals surface area (Å²) in [4.78, 5) is 23.4. The average molecular weight is 301 g/mol. The molecule has 0 aliphatic heterocycles. The molecular weight excluding hydrogens is 282 g/mol. The number of aryl methyl sites for hydroxylation is 2. The lowest BCUT2D eigenvalue weighted by molar-refractivity contribution is 0.0690. The van der Waals surface area contributed by atoms with Crippen LogP contribution >= 0.6 is 0 Å². The maximum absolute atomic E-state index is 12.2. The van der Waals surface area contributed by atoms with Gasteiger partial charge in [0.15, 0.2) is 5.69 Å². The fourth-order valence-electron chi connectivity index (χ4n) is 2.20. The van der Waals surface area contributed by atoms with Crippen LogP contribution in [0.2, 0.25) is 0 Å². The smallest absolute Gasteiger partial charge is 0.339 e. The Morgan fingerprint density at radius 2 is 1.95 bits per heavy atom. The highest BCUT2D eigenvalue weighted by atomic mass is 16.4. The first kappa shape index (κ1) is 15.8. The predicted molar refractivity (Wildman–Crippen MR) is 81.9 cm³/mol. The quantitative estimate of drug-likeness (QED) is 0.886. The van der Waals surface area contributed by atoms with E-state index in [1.165, 1.54) is 16.4 Å². The van der Waals surface area contributed by atoms with E-state index >= 15 is 0 Å². The summed E-state index contributed by atoms with van der Waals surface area (Å²) in [6, 6.07) is 7.71. The molecule has 2 aromatic rings. The second-order valence-electron chi connectivity index (χ2n) is 5.16. The van der Waals surface area contributed by atoms with Gasteiger partial charge in [0.25, 0.3) is 5.91 Å². The molecular formula is C16H19N3O3. The van der Waals surface area contributed by atoms with E-state index in [1.807, 2.05) is 31.2 Å². The minimum absolute atomic E-state index is 0.0768. The van der Waals surface area contributed by atoms with Gasteiger partial charge in [0.2, 0.25) is 0 Å². The molecule has 22 heavy (non-hydrogen) atoms. The molecule has 116 valence electrons. The van der Waals surface area contributed by atoms with Crippen LogP contribution in [-0.2, 0) is 13.5 Å².